The number of benzene rings is 3. The summed E-state index contributed by atoms with van der Waals surface area (Å²) in [4.78, 5) is 9.70. The molecular formula is C24H16ClN3S. The summed E-state index contributed by atoms with van der Waals surface area (Å²) >= 11 is 7.72. The molecule has 3 nitrogen and oxygen atoms in total. The topological polar surface area (TPSA) is 30.7 Å². The highest BCUT2D eigenvalue weighted by Gasteiger charge is 2.23. The average molecular weight is 414 g/mol. The molecule has 0 unspecified atom stereocenters. The van der Waals surface area contributed by atoms with Gasteiger partial charge in [-0.25, -0.2) is 9.97 Å². The van der Waals surface area contributed by atoms with Gasteiger partial charge in [0.15, 0.2) is 5.13 Å². The largest absolute Gasteiger partial charge is 0.267 e. The standard InChI is InChI=1S/C24H16ClN3S/c25-20-13-11-19(12-14-20)23-27-21(17-7-3-1-4-8-17)22(18-9-5-2-6-10-18)28(23)24-26-15-16-29-24/h1-16H. The van der Waals surface area contributed by atoms with Gasteiger partial charge in [0.05, 0.1) is 11.4 Å². The van der Waals surface area contributed by atoms with Crippen LogP contribution in [0.2, 0.25) is 5.02 Å². The van der Waals surface area contributed by atoms with Crippen LogP contribution in [0.5, 0.6) is 0 Å². The molecule has 5 aromatic rings. The number of nitrogens with zero attached hydrogens (tertiary/aromatic N) is 3. The van der Waals surface area contributed by atoms with Gasteiger partial charge in [0.1, 0.15) is 5.82 Å². The van der Waals surface area contributed by atoms with Crippen molar-refractivity contribution in [2.45, 2.75) is 0 Å². The lowest BCUT2D eigenvalue weighted by atomic mass is 10.0. The molecule has 0 atom stereocenters. The Labute approximate surface area is 177 Å². The first-order valence-electron chi connectivity index (χ1n) is 9.20. The maximum atomic E-state index is 6.13. The lowest BCUT2D eigenvalue weighted by molar-refractivity contribution is 1.05. The van der Waals surface area contributed by atoms with Crippen molar-refractivity contribution in [3.63, 3.8) is 0 Å². The molecule has 140 valence electrons. The van der Waals surface area contributed by atoms with E-state index in [0.717, 1.165) is 39.0 Å². The first kappa shape index (κ1) is 17.9. The van der Waals surface area contributed by atoms with E-state index in [9.17, 15) is 0 Å². The second-order valence-corrected chi connectivity index (χ2v) is 7.83. The Balaban J connectivity index is 1.87. The summed E-state index contributed by atoms with van der Waals surface area (Å²) in [6.07, 6.45) is 1.82. The van der Waals surface area contributed by atoms with E-state index < -0.39 is 0 Å². The van der Waals surface area contributed by atoms with Gasteiger partial charge in [0.25, 0.3) is 0 Å². The summed E-state index contributed by atoms with van der Waals surface area (Å²) in [5, 5.41) is 3.56. The molecule has 0 saturated heterocycles. The Morgan fingerprint density at radius 3 is 2.00 bits per heavy atom. The molecule has 0 bridgehead atoms. The molecule has 5 heteroatoms. The van der Waals surface area contributed by atoms with Crippen molar-refractivity contribution in [3.05, 3.63) is 102 Å². The zero-order valence-corrected chi connectivity index (χ0v) is 16.9. The minimum atomic E-state index is 0.702. The zero-order valence-electron chi connectivity index (χ0n) is 15.4. The van der Waals surface area contributed by atoms with E-state index in [4.69, 9.17) is 16.6 Å². The second-order valence-electron chi connectivity index (χ2n) is 6.52. The molecule has 0 spiro atoms. The molecule has 2 aromatic heterocycles. The maximum Gasteiger partial charge on any atom is 0.195 e. The van der Waals surface area contributed by atoms with Crippen molar-refractivity contribution in [1.82, 2.24) is 14.5 Å². The van der Waals surface area contributed by atoms with Gasteiger partial charge in [-0.15, -0.1) is 11.3 Å². The average Bonchev–Trinajstić information content (AvgIpc) is 3.43. The molecule has 2 heterocycles. The van der Waals surface area contributed by atoms with Gasteiger partial charge in [-0.3, -0.25) is 4.57 Å². The molecule has 0 amide bonds. The summed E-state index contributed by atoms with van der Waals surface area (Å²) in [6.45, 7) is 0. The predicted molar refractivity (Wildman–Crippen MR) is 121 cm³/mol. The Hall–Kier alpha value is -3.21. The highest BCUT2D eigenvalue weighted by Crippen LogP contribution is 2.38. The van der Waals surface area contributed by atoms with Gasteiger partial charge >= 0.3 is 0 Å². The molecular weight excluding hydrogens is 398 g/mol. The van der Waals surface area contributed by atoms with Crippen molar-refractivity contribution in [3.8, 4) is 39.0 Å². The minimum Gasteiger partial charge on any atom is -0.267 e. The van der Waals surface area contributed by atoms with E-state index in [2.05, 4.69) is 33.8 Å². The van der Waals surface area contributed by atoms with Crippen LogP contribution in [0.4, 0.5) is 0 Å². The predicted octanol–water partition coefficient (Wildman–Crippen LogP) is 6.98. The minimum absolute atomic E-state index is 0.702. The number of halogens is 1. The third kappa shape index (κ3) is 3.37. The third-order valence-corrected chi connectivity index (χ3v) is 5.69. The lowest BCUT2D eigenvalue weighted by Crippen LogP contribution is -1.99. The van der Waals surface area contributed by atoms with Crippen LogP contribution in [0.15, 0.2) is 96.5 Å². The van der Waals surface area contributed by atoms with Crippen LogP contribution < -0.4 is 0 Å². The monoisotopic (exact) mass is 413 g/mol. The van der Waals surface area contributed by atoms with Gasteiger partial charge in [-0.05, 0) is 24.3 Å². The molecule has 0 N–H and O–H groups in total. The van der Waals surface area contributed by atoms with Crippen LogP contribution in [0.3, 0.4) is 0 Å². The fourth-order valence-corrected chi connectivity index (χ4v) is 4.16. The summed E-state index contributed by atoms with van der Waals surface area (Å²) in [5.74, 6) is 0.842. The van der Waals surface area contributed by atoms with Crippen molar-refractivity contribution in [1.29, 1.82) is 0 Å². The molecule has 0 aliphatic heterocycles. The Morgan fingerprint density at radius 2 is 1.38 bits per heavy atom. The summed E-state index contributed by atoms with van der Waals surface area (Å²) < 4.78 is 2.14. The van der Waals surface area contributed by atoms with Crippen LogP contribution in [0.25, 0.3) is 39.0 Å². The van der Waals surface area contributed by atoms with Crippen molar-refractivity contribution < 1.29 is 0 Å². The van der Waals surface area contributed by atoms with Crippen molar-refractivity contribution >= 4 is 22.9 Å². The number of aromatic nitrogens is 3. The van der Waals surface area contributed by atoms with E-state index in [0.29, 0.717) is 5.02 Å². The quantitative estimate of drug-likeness (QED) is 0.318. The van der Waals surface area contributed by atoms with E-state index in [1.54, 1.807) is 11.3 Å². The molecule has 3 aromatic carbocycles. The number of hydrogen-bond donors (Lipinski definition) is 0. The highest BCUT2D eigenvalue weighted by atomic mass is 35.5. The Kier molecular flexibility index (Phi) is 4.72. The van der Waals surface area contributed by atoms with Gasteiger partial charge < -0.3 is 0 Å². The van der Waals surface area contributed by atoms with Crippen LogP contribution in [0, 0.1) is 0 Å². The Bertz CT molecular complexity index is 1230. The number of imidazole rings is 1. The SMILES string of the molecule is Clc1ccc(-c2nc(-c3ccccc3)c(-c3ccccc3)n2-c2nccs2)cc1. The van der Waals surface area contributed by atoms with E-state index in [1.165, 1.54) is 0 Å². The molecule has 0 aliphatic rings. The fourth-order valence-electron chi connectivity index (χ4n) is 3.38. The lowest BCUT2D eigenvalue weighted by Gasteiger charge is -2.10. The summed E-state index contributed by atoms with van der Waals surface area (Å²) in [7, 11) is 0. The van der Waals surface area contributed by atoms with Crippen molar-refractivity contribution in [2.24, 2.45) is 0 Å². The molecule has 0 aliphatic carbocycles. The summed E-state index contributed by atoms with van der Waals surface area (Å²) in [5.41, 5.74) is 5.10. The Morgan fingerprint density at radius 1 is 0.724 bits per heavy atom. The van der Waals surface area contributed by atoms with Crippen LogP contribution in [-0.4, -0.2) is 14.5 Å². The normalized spacial score (nSPS) is 10.9. The van der Waals surface area contributed by atoms with Gasteiger partial charge in [0.2, 0.25) is 0 Å². The zero-order chi connectivity index (χ0) is 19.6. The first-order chi connectivity index (χ1) is 14.3. The van der Waals surface area contributed by atoms with Gasteiger partial charge in [0, 0.05) is 33.3 Å². The van der Waals surface area contributed by atoms with E-state index >= 15 is 0 Å². The van der Waals surface area contributed by atoms with Gasteiger partial charge in [-0.1, -0.05) is 72.3 Å². The van der Waals surface area contributed by atoms with Crippen LogP contribution in [0.1, 0.15) is 0 Å². The molecule has 0 radical (unpaired) electrons. The number of hydrogen-bond acceptors (Lipinski definition) is 3. The van der Waals surface area contributed by atoms with E-state index in [-0.39, 0.29) is 0 Å². The molecule has 0 fully saturated rings. The second kappa shape index (κ2) is 7.66. The summed E-state index contributed by atoms with van der Waals surface area (Å²) in [6, 6.07) is 28.4. The fraction of sp³-hybridized carbons (Fsp3) is 0. The van der Waals surface area contributed by atoms with Gasteiger partial charge in [-0.2, -0.15) is 0 Å². The first-order valence-corrected chi connectivity index (χ1v) is 10.5. The number of rotatable bonds is 4. The van der Waals surface area contributed by atoms with Crippen LogP contribution in [-0.2, 0) is 0 Å². The van der Waals surface area contributed by atoms with E-state index in [1.807, 2.05) is 72.2 Å². The number of thiazole rings is 1. The highest BCUT2D eigenvalue weighted by molar-refractivity contribution is 7.12. The molecule has 0 saturated carbocycles. The van der Waals surface area contributed by atoms with Crippen molar-refractivity contribution in [2.75, 3.05) is 0 Å². The maximum absolute atomic E-state index is 6.13. The smallest absolute Gasteiger partial charge is 0.195 e. The molecule has 29 heavy (non-hydrogen) atoms. The molecule has 5 rings (SSSR count). The third-order valence-electron chi connectivity index (χ3n) is 4.68. The van der Waals surface area contributed by atoms with Crippen LogP contribution >= 0.6 is 22.9 Å².